The van der Waals surface area contributed by atoms with E-state index in [1.807, 2.05) is 0 Å². The Labute approximate surface area is 117 Å². The Balaban J connectivity index is 1.75. The van der Waals surface area contributed by atoms with Gasteiger partial charge in [0.15, 0.2) is 0 Å². The van der Waals surface area contributed by atoms with Crippen LogP contribution in [0.25, 0.3) is 0 Å². The fraction of sp³-hybridized carbons (Fsp3) is 0.643. The van der Waals surface area contributed by atoms with Gasteiger partial charge in [0.1, 0.15) is 0 Å². The molecule has 0 aromatic carbocycles. The maximum atomic E-state index is 11.9. The quantitative estimate of drug-likeness (QED) is 0.725. The Morgan fingerprint density at radius 1 is 1.45 bits per heavy atom. The van der Waals surface area contributed by atoms with Crippen molar-refractivity contribution in [3.8, 4) is 0 Å². The maximum absolute atomic E-state index is 11.9. The number of hydrogen-bond donors (Lipinski definition) is 3. The minimum Gasteiger partial charge on any atom is -0.396 e. The number of carbonyl (C=O) groups excluding carboxylic acids is 1. The molecule has 2 atom stereocenters. The third-order valence-electron chi connectivity index (χ3n) is 3.75. The van der Waals surface area contributed by atoms with Crippen LogP contribution in [0.15, 0.2) is 16.9 Å². The molecule has 3 N–H and O–H groups in total. The number of aliphatic hydroxyl groups excluding tert-OH is 1. The normalized spacial score (nSPS) is 22.4. The molecule has 0 saturated heterocycles. The Morgan fingerprint density at radius 3 is 3.00 bits per heavy atom. The Hall–Kier alpha value is -1.69. The molecule has 0 unspecified atom stereocenters. The molecule has 1 aromatic heterocycles. The van der Waals surface area contributed by atoms with Crippen molar-refractivity contribution in [3.05, 3.63) is 28.2 Å². The number of nitrogens with one attached hydrogen (secondary N) is 2. The van der Waals surface area contributed by atoms with Crippen molar-refractivity contribution in [2.24, 2.45) is 5.92 Å². The average molecular weight is 279 g/mol. The van der Waals surface area contributed by atoms with Crippen molar-refractivity contribution in [3.63, 3.8) is 0 Å². The van der Waals surface area contributed by atoms with Crippen LogP contribution in [-0.2, 0) is 11.2 Å². The van der Waals surface area contributed by atoms with Gasteiger partial charge in [0.25, 0.3) is 5.56 Å². The number of aryl methyl sites for hydroxylation is 1. The number of H-pyrrole nitrogens is 1. The highest BCUT2D eigenvalue weighted by molar-refractivity contribution is 5.76. The van der Waals surface area contributed by atoms with Crippen molar-refractivity contribution in [2.45, 2.75) is 44.6 Å². The summed E-state index contributed by atoms with van der Waals surface area (Å²) in [5.74, 6) is 0.316. The van der Waals surface area contributed by atoms with E-state index in [-0.39, 0.29) is 24.1 Å². The van der Waals surface area contributed by atoms with Gasteiger partial charge in [0.05, 0.1) is 5.69 Å². The van der Waals surface area contributed by atoms with Crippen LogP contribution >= 0.6 is 0 Å². The molecule has 20 heavy (non-hydrogen) atoms. The molecule has 110 valence electrons. The number of hydrogen-bond acceptors (Lipinski definition) is 4. The molecule has 1 amide bonds. The van der Waals surface area contributed by atoms with Crippen LogP contribution in [0.3, 0.4) is 0 Å². The molecule has 1 aliphatic rings. The molecule has 6 nitrogen and oxygen atoms in total. The summed E-state index contributed by atoms with van der Waals surface area (Å²) in [5.41, 5.74) is 0.465. The van der Waals surface area contributed by atoms with Crippen LogP contribution in [-0.4, -0.2) is 33.9 Å². The molecule has 1 fully saturated rings. The van der Waals surface area contributed by atoms with E-state index in [9.17, 15) is 9.59 Å². The molecule has 0 aliphatic heterocycles. The predicted molar refractivity (Wildman–Crippen MR) is 74.2 cm³/mol. The van der Waals surface area contributed by atoms with Crippen molar-refractivity contribution < 1.29 is 9.90 Å². The smallest absolute Gasteiger partial charge is 0.264 e. The fourth-order valence-corrected chi connectivity index (χ4v) is 2.64. The second kappa shape index (κ2) is 7.19. The molecule has 0 spiro atoms. The third kappa shape index (κ3) is 4.45. The van der Waals surface area contributed by atoms with E-state index in [2.05, 4.69) is 15.5 Å². The topological polar surface area (TPSA) is 95.1 Å². The summed E-state index contributed by atoms with van der Waals surface area (Å²) < 4.78 is 0. The zero-order chi connectivity index (χ0) is 14.4. The highest BCUT2D eigenvalue weighted by Gasteiger charge is 2.22. The first kappa shape index (κ1) is 14.7. The molecular formula is C14H21N3O3. The number of aliphatic hydroxyl groups is 1. The lowest BCUT2D eigenvalue weighted by atomic mass is 9.86. The van der Waals surface area contributed by atoms with Gasteiger partial charge >= 0.3 is 0 Å². The molecule has 0 bridgehead atoms. The van der Waals surface area contributed by atoms with Crippen LogP contribution < -0.4 is 10.9 Å². The molecule has 6 heteroatoms. The zero-order valence-corrected chi connectivity index (χ0v) is 11.5. The van der Waals surface area contributed by atoms with E-state index in [0.717, 1.165) is 25.7 Å². The third-order valence-corrected chi connectivity index (χ3v) is 3.75. The van der Waals surface area contributed by atoms with Crippen molar-refractivity contribution in [1.29, 1.82) is 0 Å². The fourth-order valence-electron chi connectivity index (χ4n) is 2.64. The van der Waals surface area contributed by atoms with Crippen molar-refractivity contribution >= 4 is 5.91 Å². The van der Waals surface area contributed by atoms with Gasteiger partial charge in [0.2, 0.25) is 5.91 Å². The van der Waals surface area contributed by atoms with E-state index in [1.54, 1.807) is 6.07 Å². The number of amides is 1. The lowest BCUT2D eigenvalue weighted by Gasteiger charge is -2.28. The summed E-state index contributed by atoms with van der Waals surface area (Å²) in [5, 5.41) is 18.4. The number of carbonyl (C=O) groups is 1. The number of aromatic nitrogens is 2. The zero-order valence-electron chi connectivity index (χ0n) is 11.5. The van der Waals surface area contributed by atoms with Gasteiger partial charge in [-0.25, -0.2) is 5.10 Å². The highest BCUT2D eigenvalue weighted by Crippen LogP contribution is 2.23. The summed E-state index contributed by atoms with van der Waals surface area (Å²) in [6.45, 7) is 0.202. The number of aromatic amines is 1. The lowest BCUT2D eigenvalue weighted by Crippen LogP contribution is -2.39. The number of nitrogens with zero attached hydrogens (tertiary/aromatic N) is 1. The minimum absolute atomic E-state index is 0.00147. The van der Waals surface area contributed by atoms with E-state index in [4.69, 9.17) is 5.11 Å². The summed E-state index contributed by atoms with van der Waals surface area (Å²) >= 11 is 0. The van der Waals surface area contributed by atoms with Gasteiger partial charge < -0.3 is 10.4 Å². The first-order chi connectivity index (χ1) is 9.67. The maximum Gasteiger partial charge on any atom is 0.264 e. The summed E-state index contributed by atoms with van der Waals surface area (Å²) in [6.07, 6.45) is 4.82. The SMILES string of the molecule is O=C(CCc1ccc(=O)[nH]n1)N[C@@H]1CCC[C@@H](CO)C1. The van der Waals surface area contributed by atoms with Crippen LogP contribution in [0.4, 0.5) is 0 Å². The van der Waals surface area contributed by atoms with Gasteiger partial charge in [-0.15, -0.1) is 0 Å². The van der Waals surface area contributed by atoms with E-state index in [1.165, 1.54) is 6.07 Å². The van der Waals surface area contributed by atoms with Crippen molar-refractivity contribution in [1.82, 2.24) is 15.5 Å². The largest absolute Gasteiger partial charge is 0.396 e. The van der Waals surface area contributed by atoms with Crippen LogP contribution in [0, 0.1) is 5.92 Å². The van der Waals surface area contributed by atoms with Crippen molar-refractivity contribution in [2.75, 3.05) is 6.61 Å². The van der Waals surface area contributed by atoms with Crippen LogP contribution in [0.1, 0.15) is 37.8 Å². The lowest BCUT2D eigenvalue weighted by molar-refractivity contribution is -0.122. The molecule has 1 aliphatic carbocycles. The average Bonchev–Trinajstić information content (AvgIpc) is 2.47. The first-order valence-corrected chi connectivity index (χ1v) is 7.12. The molecule has 1 heterocycles. The molecule has 1 saturated carbocycles. The minimum atomic E-state index is -0.240. The van der Waals surface area contributed by atoms with Crippen LogP contribution in [0.5, 0.6) is 0 Å². The van der Waals surface area contributed by atoms with E-state index < -0.39 is 0 Å². The molecule has 1 aromatic rings. The Bertz CT molecular complexity index is 480. The predicted octanol–water partition coefficient (Wildman–Crippen LogP) is 0.370. The van der Waals surface area contributed by atoms with Gasteiger partial charge in [-0.05, 0) is 31.2 Å². The Morgan fingerprint density at radius 2 is 2.30 bits per heavy atom. The van der Waals surface area contributed by atoms with Gasteiger partial charge in [0, 0.05) is 31.6 Å². The summed E-state index contributed by atoms with van der Waals surface area (Å²) in [7, 11) is 0. The number of rotatable bonds is 5. The molecule has 2 rings (SSSR count). The second-order valence-electron chi connectivity index (χ2n) is 5.39. The monoisotopic (exact) mass is 279 g/mol. The van der Waals surface area contributed by atoms with Gasteiger partial charge in [-0.1, -0.05) is 6.42 Å². The highest BCUT2D eigenvalue weighted by atomic mass is 16.3. The first-order valence-electron chi connectivity index (χ1n) is 7.12. The molecular weight excluding hydrogens is 258 g/mol. The summed E-state index contributed by atoms with van der Waals surface area (Å²) in [4.78, 5) is 22.7. The standard InChI is InChI=1S/C14H21N3O3/c18-9-10-2-1-3-12(8-10)15-13(19)6-4-11-5-7-14(20)17-16-11/h5,7,10,12,18H,1-4,6,8-9H2,(H,15,19)(H,17,20)/t10-,12-/m1/s1. The van der Waals surface area contributed by atoms with Gasteiger partial charge in [-0.2, -0.15) is 5.10 Å². The van der Waals surface area contributed by atoms with E-state index >= 15 is 0 Å². The second-order valence-corrected chi connectivity index (χ2v) is 5.39. The van der Waals surface area contributed by atoms with Gasteiger partial charge in [-0.3, -0.25) is 9.59 Å². The molecule has 0 radical (unpaired) electrons. The summed E-state index contributed by atoms with van der Waals surface area (Å²) in [6, 6.07) is 3.22. The van der Waals surface area contributed by atoms with E-state index in [0.29, 0.717) is 24.5 Å². The van der Waals surface area contributed by atoms with Crippen LogP contribution in [0.2, 0.25) is 0 Å². The Kier molecular flexibility index (Phi) is 5.29.